The van der Waals surface area contributed by atoms with Crippen LogP contribution in [0.2, 0.25) is 0 Å². The fraction of sp³-hybridized carbons (Fsp3) is 0.317. The van der Waals surface area contributed by atoms with Gasteiger partial charge in [0.2, 0.25) is 5.91 Å². The molecule has 0 spiro atoms. The molecule has 0 unspecified atom stereocenters. The van der Waals surface area contributed by atoms with E-state index in [1.54, 1.807) is 18.5 Å². The second-order valence-corrected chi connectivity index (χ2v) is 16.1. The Morgan fingerprint density at radius 2 is 1.63 bits per heavy atom. The summed E-state index contributed by atoms with van der Waals surface area (Å²) in [5.41, 5.74) is -1.50. The zero-order chi connectivity index (χ0) is 42.2. The lowest BCUT2D eigenvalue weighted by Gasteiger charge is -2.35. The molecule has 1 amide bonds. The predicted molar refractivity (Wildman–Crippen MR) is 204 cm³/mol. The molecule has 1 aliphatic heterocycles. The molecular formula is C41H32F8N8O2S. The van der Waals surface area contributed by atoms with Crippen LogP contribution in [0.5, 0.6) is 0 Å². The number of hydrogen-bond acceptors (Lipinski definition) is 9. The van der Waals surface area contributed by atoms with E-state index in [9.17, 15) is 35.9 Å². The standard InChI is InChI=1S/C41H32F8N8O2S/c1-20(58)26-15-22(2-3-30(26)44)27-18-32-38(53-39(60-32)56-10-8-55(9-11-56)25-4-6-50-7-5-25)52-35(27)31(14-21-12-23(42)16-24(43)13-21)51-33(59)19-57-37-34(36(54-57)41(47,48)49)28-17-29(28)40(37,45)46/h2-7,12-13,15-16,18,28-29,31H,8-11,14,17,19H2,1H3,(H,51,59)/t28-,29+,31-/m0/s1. The van der Waals surface area contributed by atoms with Crippen molar-refractivity contribution in [2.45, 2.75) is 50.4 Å². The van der Waals surface area contributed by atoms with Gasteiger partial charge in [0, 0.05) is 67.4 Å². The highest BCUT2D eigenvalue weighted by molar-refractivity contribution is 7.22. The van der Waals surface area contributed by atoms with Crippen molar-refractivity contribution < 1.29 is 44.7 Å². The monoisotopic (exact) mass is 852 g/mol. The minimum absolute atomic E-state index is 0.0335. The lowest BCUT2D eigenvalue weighted by molar-refractivity contribution is -0.142. The normalized spacial score (nSPS) is 18.7. The van der Waals surface area contributed by atoms with Crippen molar-refractivity contribution in [2.75, 3.05) is 36.0 Å². The van der Waals surface area contributed by atoms with Crippen LogP contribution in [0, 0.1) is 23.4 Å². The Balaban J connectivity index is 1.12. The van der Waals surface area contributed by atoms with Gasteiger partial charge in [-0.25, -0.2) is 18.2 Å². The van der Waals surface area contributed by atoms with Gasteiger partial charge < -0.3 is 15.1 Å². The average Bonchev–Trinajstić information content (AvgIpc) is 3.65. The molecule has 19 heteroatoms. The maximum atomic E-state index is 15.4. The zero-order valence-corrected chi connectivity index (χ0v) is 32.2. The third kappa shape index (κ3) is 7.21. The summed E-state index contributed by atoms with van der Waals surface area (Å²) >= 11 is 1.31. The number of nitrogens with zero attached hydrogens (tertiary/aromatic N) is 7. The van der Waals surface area contributed by atoms with Crippen LogP contribution >= 0.6 is 11.3 Å². The number of carbonyl (C=O) groups is 2. The first-order chi connectivity index (χ1) is 28.5. The van der Waals surface area contributed by atoms with Crippen LogP contribution in [-0.2, 0) is 29.9 Å². The Hall–Kier alpha value is -5.98. The van der Waals surface area contributed by atoms with Crippen LogP contribution in [0.25, 0.3) is 21.5 Å². The summed E-state index contributed by atoms with van der Waals surface area (Å²) < 4.78 is 118. The van der Waals surface area contributed by atoms with Crippen LogP contribution < -0.4 is 15.1 Å². The van der Waals surface area contributed by atoms with Gasteiger partial charge in [0.05, 0.1) is 22.0 Å². The molecule has 2 aromatic carbocycles. The van der Waals surface area contributed by atoms with E-state index >= 15 is 8.78 Å². The SMILES string of the molecule is CC(=O)c1cc(-c2cc3sc(N4CCN(c5ccncc5)CC4)nc3nc2[C@H](Cc2cc(F)cc(F)c2)NC(=O)Cn2nc(C(F)(F)F)c3c2C(F)(F)[C@@H]2C[C@H]32)ccc1F. The van der Waals surface area contributed by atoms with Crippen LogP contribution in [0.15, 0.2) is 67.0 Å². The Morgan fingerprint density at radius 3 is 2.32 bits per heavy atom. The van der Waals surface area contributed by atoms with Crippen molar-refractivity contribution in [1.82, 2.24) is 30.0 Å². The third-order valence-electron chi connectivity index (χ3n) is 11.2. The van der Waals surface area contributed by atoms with Gasteiger partial charge in [-0.2, -0.15) is 32.0 Å². The number of amides is 1. The number of rotatable bonds is 10. The molecule has 3 aliphatic rings. The van der Waals surface area contributed by atoms with E-state index < -0.39 is 82.6 Å². The summed E-state index contributed by atoms with van der Waals surface area (Å²) in [6, 6.07) is 10.6. The van der Waals surface area contributed by atoms with Crippen LogP contribution in [0.4, 0.5) is 45.9 Å². The summed E-state index contributed by atoms with van der Waals surface area (Å²) in [5.74, 6) is -10.4. The fourth-order valence-electron chi connectivity index (χ4n) is 8.32. The minimum atomic E-state index is -5.06. The first kappa shape index (κ1) is 39.5. The molecule has 60 heavy (non-hydrogen) atoms. The third-order valence-corrected chi connectivity index (χ3v) is 12.2. The average molecular weight is 853 g/mol. The van der Waals surface area contributed by atoms with Crippen molar-refractivity contribution in [2.24, 2.45) is 5.92 Å². The van der Waals surface area contributed by atoms with Crippen molar-refractivity contribution in [3.63, 3.8) is 0 Å². The summed E-state index contributed by atoms with van der Waals surface area (Å²) in [5, 5.41) is 6.72. The number of piperazine rings is 1. The van der Waals surface area contributed by atoms with E-state index in [1.165, 1.54) is 30.4 Å². The fourth-order valence-corrected chi connectivity index (χ4v) is 9.32. The van der Waals surface area contributed by atoms with Gasteiger partial charge in [-0.3, -0.25) is 19.3 Å². The van der Waals surface area contributed by atoms with Crippen molar-refractivity contribution >= 4 is 44.2 Å². The van der Waals surface area contributed by atoms with Crippen molar-refractivity contribution in [3.8, 4) is 11.1 Å². The molecule has 4 aromatic heterocycles. The summed E-state index contributed by atoms with van der Waals surface area (Å²) in [6.07, 6.45) is -2.13. The molecule has 0 radical (unpaired) electrons. The molecule has 9 rings (SSSR count). The molecule has 1 N–H and O–H groups in total. The Kier molecular flexibility index (Phi) is 9.63. The van der Waals surface area contributed by atoms with E-state index in [0.29, 0.717) is 46.8 Å². The van der Waals surface area contributed by atoms with Gasteiger partial charge in [0.1, 0.15) is 29.7 Å². The molecule has 2 fully saturated rings. The van der Waals surface area contributed by atoms with E-state index in [4.69, 9.17) is 9.97 Å². The number of nitrogens with one attached hydrogen (secondary N) is 1. The van der Waals surface area contributed by atoms with Gasteiger partial charge in [0.15, 0.2) is 22.3 Å². The van der Waals surface area contributed by atoms with Crippen LogP contribution in [-0.4, -0.2) is 62.6 Å². The number of carbonyl (C=O) groups excluding carboxylic acids is 2. The number of ketones is 1. The maximum Gasteiger partial charge on any atom is 0.435 e. The molecule has 3 atom stereocenters. The quantitative estimate of drug-likeness (QED) is 0.109. The van der Waals surface area contributed by atoms with Gasteiger partial charge >= 0.3 is 6.18 Å². The van der Waals surface area contributed by atoms with E-state index in [-0.39, 0.29) is 46.4 Å². The van der Waals surface area contributed by atoms with Gasteiger partial charge in [0.25, 0.3) is 5.92 Å². The van der Waals surface area contributed by atoms with E-state index in [0.717, 1.165) is 23.9 Å². The molecule has 6 aromatic rings. The molecular weight excluding hydrogens is 821 g/mol. The molecule has 1 saturated heterocycles. The first-order valence-electron chi connectivity index (χ1n) is 18.9. The Labute approximate surface area is 339 Å². The summed E-state index contributed by atoms with van der Waals surface area (Å²) in [4.78, 5) is 44.4. The number of aromatic nitrogens is 5. The smallest absolute Gasteiger partial charge is 0.368 e. The number of pyridine rings is 2. The predicted octanol–water partition coefficient (Wildman–Crippen LogP) is 8.22. The first-order valence-corrected chi connectivity index (χ1v) is 19.7. The second kappa shape index (κ2) is 14.6. The lowest BCUT2D eigenvalue weighted by atomic mass is 9.94. The Bertz CT molecular complexity index is 2660. The number of hydrogen-bond donors (Lipinski definition) is 1. The van der Waals surface area contributed by atoms with E-state index in [2.05, 4.69) is 25.2 Å². The lowest BCUT2D eigenvalue weighted by Crippen LogP contribution is -2.46. The van der Waals surface area contributed by atoms with Crippen molar-refractivity contribution in [1.29, 1.82) is 0 Å². The number of Topliss-reactive ketones (excluding diaryl/α,β-unsaturated/α-hetero) is 1. The number of halogens is 8. The van der Waals surface area contributed by atoms with Gasteiger partial charge in [-0.15, -0.1) is 0 Å². The summed E-state index contributed by atoms with van der Waals surface area (Å²) in [6.45, 7) is 2.65. The molecule has 0 bridgehead atoms. The molecule has 5 heterocycles. The number of fused-ring (bicyclic) bond motifs is 4. The zero-order valence-electron chi connectivity index (χ0n) is 31.4. The highest BCUT2D eigenvalue weighted by atomic mass is 32.1. The molecule has 2 aliphatic carbocycles. The van der Waals surface area contributed by atoms with E-state index in [1.807, 2.05) is 12.1 Å². The molecule has 10 nitrogen and oxygen atoms in total. The van der Waals surface area contributed by atoms with Crippen LogP contribution in [0.3, 0.4) is 0 Å². The number of anilines is 2. The molecule has 1 saturated carbocycles. The summed E-state index contributed by atoms with van der Waals surface area (Å²) in [7, 11) is 0. The number of benzene rings is 2. The minimum Gasteiger partial charge on any atom is -0.368 e. The largest absolute Gasteiger partial charge is 0.435 e. The van der Waals surface area contributed by atoms with Gasteiger partial charge in [-0.05, 0) is 79.3 Å². The van der Waals surface area contributed by atoms with Gasteiger partial charge in [-0.1, -0.05) is 17.4 Å². The molecule has 310 valence electrons. The number of thiazole rings is 1. The highest BCUT2D eigenvalue weighted by Crippen LogP contribution is 2.68. The van der Waals surface area contributed by atoms with Crippen molar-refractivity contribution in [3.05, 3.63) is 118 Å². The number of alkyl halides is 5. The second-order valence-electron chi connectivity index (χ2n) is 15.1. The highest BCUT2D eigenvalue weighted by Gasteiger charge is 2.68. The van der Waals surface area contributed by atoms with Crippen LogP contribution in [0.1, 0.15) is 63.9 Å². The maximum absolute atomic E-state index is 15.4. The Morgan fingerprint density at radius 1 is 0.933 bits per heavy atom. The topological polar surface area (TPSA) is 109 Å².